The van der Waals surface area contributed by atoms with Gasteiger partial charge in [-0.2, -0.15) is 16.8 Å². The van der Waals surface area contributed by atoms with Crippen molar-refractivity contribution in [2.45, 2.75) is 24.2 Å². The number of hydrogen-bond donors (Lipinski definition) is 0. The highest BCUT2D eigenvalue weighted by Crippen LogP contribution is 2.35. The van der Waals surface area contributed by atoms with Crippen LogP contribution in [0.5, 0.6) is 0 Å². The van der Waals surface area contributed by atoms with E-state index >= 15 is 0 Å². The lowest BCUT2D eigenvalue weighted by atomic mass is 10.1. The number of benzene rings is 2. The van der Waals surface area contributed by atoms with Gasteiger partial charge in [0, 0.05) is 53.5 Å². The molecule has 20 heteroatoms. The molecule has 0 saturated heterocycles. The molecule has 16 nitrogen and oxygen atoms in total. The maximum absolute atomic E-state index is 11.9. The van der Waals surface area contributed by atoms with Crippen LogP contribution in [0.3, 0.4) is 0 Å². The van der Waals surface area contributed by atoms with Crippen molar-refractivity contribution in [3.63, 3.8) is 0 Å². The molecule has 60 heavy (non-hydrogen) atoms. The van der Waals surface area contributed by atoms with Crippen LogP contribution in [-0.2, 0) is 33.0 Å². The van der Waals surface area contributed by atoms with Crippen molar-refractivity contribution in [2.75, 3.05) is 12.5 Å². The highest BCUT2D eigenvalue weighted by atomic mass is 32.2. The summed E-state index contributed by atoms with van der Waals surface area (Å²) >= 11 is 0.0165. The Hall–Kier alpha value is -7.10. The fourth-order valence-corrected chi connectivity index (χ4v) is 6.77. The van der Waals surface area contributed by atoms with Crippen LogP contribution < -0.4 is 0 Å². The Balaban J connectivity index is 0.000000202. The van der Waals surface area contributed by atoms with E-state index in [1.165, 1.54) is 18.0 Å². The van der Waals surface area contributed by atoms with E-state index in [-0.39, 0.29) is 11.0 Å². The molecule has 0 aliphatic carbocycles. The van der Waals surface area contributed by atoms with Crippen LogP contribution in [-0.4, -0.2) is 76.8 Å². The second kappa shape index (κ2) is 20.0. The predicted octanol–water partition coefficient (Wildman–Crippen LogP) is 7.47. The van der Waals surface area contributed by atoms with E-state index in [9.17, 15) is 8.42 Å². The van der Waals surface area contributed by atoms with Crippen LogP contribution in [0.1, 0.15) is 11.1 Å². The monoisotopic (exact) mass is 874 g/mol. The van der Waals surface area contributed by atoms with E-state index in [0.29, 0.717) is 17.2 Å². The first-order chi connectivity index (χ1) is 28.9. The molecule has 0 radical (unpaired) electrons. The standard InChI is InChI=1S/C20H15N5O2S.C20H15N5S.2O2S/c1-13-11-22-20(28(3,26)27)24-18(13)16-12-25(14-7-5-4-6-8-14)19-15(16)9-10-17(21-2)23-19;1-13-11-22-20(26-3)24-18(13)16-12-25(14-7-5-4-6-8-14)19-15(16)9-10-17(21-2)23-19;2*1-3-2/h4-12H,1,3H3;4-12H,1,3H3;;. The predicted molar refractivity (Wildman–Crippen MR) is 229 cm³/mol. The van der Waals surface area contributed by atoms with Crippen molar-refractivity contribution >= 4 is 78.4 Å². The van der Waals surface area contributed by atoms with Gasteiger partial charge < -0.3 is 9.69 Å². The topological polar surface area (TPSA) is 198 Å². The Morgan fingerprint density at radius 1 is 0.600 bits per heavy atom. The normalized spacial score (nSPS) is 10.4. The van der Waals surface area contributed by atoms with Gasteiger partial charge >= 0.3 is 23.1 Å². The summed E-state index contributed by atoms with van der Waals surface area (Å²) in [5, 5.41) is 2.25. The van der Waals surface area contributed by atoms with Crippen LogP contribution in [0, 0.1) is 27.0 Å². The molecule has 0 bridgehead atoms. The third-order valence-electron chi connectivity index (χ3n) is 8.50. The van der Waals surface area contributed by atoms with Crippen LogP contribution in [0.2, 0.25) is 0 Å². The summed E-state index contributed by atoms with van der Waals surface area (Å²) < 4.78 is 60.9. The van der Waals surface area contributed by atoms with Crippen molar-refractivity contribution in [3.05, 3.63) is 144 Å². The van der Waals surface area contributed by atoms with Gasteiger partial charge in [-0.25, -0.2) is 28.4 Å². The first kappa shape index (κ1) is 44.0. The highest BCUT2D eigenvalue weighted by Gasteiger charge is 2.22. The largest absolute Gasteiger partial charge is 0.361 e. The summed E-state index contributed by atoms with van der Waals surface area (Å²) in [6.45, 7) is 18.4. The van der Waals surface area contributed by atoms with Gasteiger partial charge in [0.05, 0.1) is 22.2 Å². The number of pyridine rings is 2. The molecule has 0 saturated carbocycles. The van der Waals surface area contributed by atoms with Crippen LogP contribution in [0.15, 0.2) is 120 Å². The van der Waals surface area contributed by atoms with Gasteiger partial charge in [-0.15, -0.1) is 9.97 Å². The minimum absolute atomic E-state index is 0.223. The minimum atomic E-state index is -3.54. The van der Waals surface area contributed by atoms with Crippen molar-refractivity contribution in [3.8, 4) is 33.9 Å². The van der Waals surface area contributed by atoms with Crippen molar-refractivity contribution in [1.29, 1.82) is 0 Å². The first-order valence-electron chi connectivity index (χ1n) is 17.1. The van der Waals surface area contributed by atoms with E-state index < -0.39 is 33.0 Å². The zero-order valence-corrected chi connectivity index (χ0v) is 35.2. The molecule has 0 amide bonds. The molecular weight excluding hydrogens is 845 g/mol. The van der Waals surface area contributed by atoms with E-state index in [4.69, 9.17) is 35.0 Å². The number of aromatic nitrogens is 8. The number of thioether (sulfide) groups is 1. The Kier molecular flexibility index (Phi) is 14.7. The summed E-state index contributed by atoms with van der Waals surface area (Å²) in [6.07, 6.45) is 10.3. The van der Waals surface area contributed by atoms with Gasteiger partial charge in [0.25, 0.3) is 11.6 Å². The zero-order valence-electron chi connectivity index (χ0n) is 31.9. The Morgan fingerprint density at radius 3 is 1.42 bits per heavy atom. The van der Waals surface area contributed by atoms with Crippen LogP contribution in [0.4, 0.5) is 11.6 Å². The van der Waals surface area contributed by atoms with Gasteiger partial charge in [-0.05, 0) is 67.6 Å². The molecule has 8 rings (SSSR count). The second-order valence-electron chi connectivity index (χ2n) is 12.3. The maximum Gasteiger partial charge on any atom is 0.335 e. The van der Waals surface area contributed by atoms with Crippen molar-refractivity contribution < 1.29 is 25.3 Å². The van der Waals surface area contributed by atoms with E-state index in [0.717, 1.165) is 67.2 Å². The number of aryl methyl sites for hydroxylation is 2. The molecule has 0 atom stereocenters. The number of sulfone groups is 1. The van der Waals surface area contributed by atoms with Crippen molar-refractivity contribution in [2.24, 2.45) is 0 Å². The van der Waals surface area contributed by atoms with Gasteiger partial charge in [-0.1, -0.05) is 73.4 Å². The fraction of sp³-hybridized carbons (Fsp3) is 0.100. The Labute approximate surface area is 355 Å². The Morgan fingerprint density at radius 2 is 1.02 bits per heavy atom. The second-order valence-corrected chi connectivity index (χ2v) is 15.2. The SMILES string of the molecule is O=S=O.O=S=O.[C-]#[N+]c1ccc2c(-c3nc(S(C)(=O)=O)ncc3C)cn(-c3ccccc3)c2n1.[C-]#[N+]c1ccc2c(-c3nc(SC)ncc3C)cn(-c3ccccc3)c2n1. The molecule has 0 aliphatic heterocycles. The van der Waals surface area contributed by atoms with E-state index in [1.54, 1.807) is 12.1 Å². The first-order valence-corrected chi connectivity index (χ1v) is 21.5. The summed E-state index contributed by atoms with van der Waals surface area (Å²) in [5.41, 5.74) is 8.11. The Bertz CT molecular complexity index is 3100. The number of rotatable bonds is 6. The molecule has 0 unspecified atom stereocenters. The molecule has 300 valence electrons. The van der Waals surface area contributed by atoms with Crippen LogP contribution >= 0.6 is 11.8 Å². The minimum Gasteiger partial charge on any atom is -0.361 e. The number of fused-ring (bicyclic) bond motifs is 2. The quantitative estimate of drug-likeness (QED) is 0.0907. The molecule has 0 spiro atoms. The zero-order chi connectivity index (χ0) is 43.4. The number of nitrogens with zero attached hydrogens (tertiary/aromatic N) is 10. The van der Waals surface area contributed by atoms with E-state index in [2.05, 4.69) is 34.6 Å². The third kappa shape index (κ3) is 9.94. The molecule has 0 N–H and O–H groups in total. The highest BCUT2D eigenvalue weighted by molar-refractivity contribution is 7.98. The number of hydrogen-bond acceptors (Lipinski definition) is 13. The summed E-state index contributed by atoms with van der Waals surface area (Å²) in [4.78, 5) is 33.2. The lowest BCUT2D eigenvalue weighted by Gasteiger charge is -2.05. The van der Waals surface area contributed by atoms with Crippen LogP contribution in [0.25, 0.3) is 65.6 Å². The van der Waals surface area contributed by atoms with Crippen molar-refractivity contribution in [1.82, 2.24) is 39.0 Å². The molecule has 6 aromatic heterocycles. The summed E-state index contributed by atoms with van der Waals surface area (Å²) in [6, 6.07) is 26.8. The average molecular weight is 875 g/mol. The lowest BCUT2D eigenvalue weighted by Crippen LogP contribution is -2.05. The molecule has 0 fully saturated rings. The number of para-hydroxylation sites is 2. The van der Waals surface area contributed by atoms with Gasteiger partial charge in [0.15, 0.2) is 5.16 Å². The summed E-state index contributed by atoms with van der Waals surface area (Å²) in [5.74, 6) is 0.661. The van der Waals surface area contributed by atoms with Gasteiger partial charge in [0.1, 0.15) is 0 Å². The average Bonchev–Trinajstić information content (AvgIpc) is 3.83. The molecule has 2 aromatic carbocycles. The smallest absolute Gasteiger partial charge is 0.335 e. The molecule has 6 heterocycles. The van der Waals surface area contributed by atoms with E-state index in [1.807, 2.05) is 121 Å². The lowest BCUT2D eigenvalue weighted by molar-refractivity contribution is 0.593. The summed E-state index contributed by atoms with van der Waals surface area (Å²) in [7, 11) is -3.54. The van der Waals surface area contributed by atoms with Gasteiger partial charge in [0.2, 0.25) is 26.3 Å². The molecule has 0 aliphatic rings. The van der Waals surface area contributed by atoms with Gasteiger partial charge in [-0.3, -0.25) is 9.13 Å². The maximum atomic E-state index is 11.9. The molecular formula is C40H30N10O6S4. The molecule has 8 aromatic rings. The third-order valence-corrected chi connectivity index (χ3v) is 9.92. The fourth-order valence-electron chi connectivity index (χ4n) is 5.93.